The fraction of sp³-hybridized carbons (Fsp3) is 0.571. The van der Waals surface area contributed by atoms with Gasteiger partial charge in [0.15, 0.2) is 5.82 Å². The molecule has 0 aromatic carbocycles. The zero-order valence-electron chi connectivity index (χ0n) is 12.8. The molecule has 2 aromatic rings. The van der Waals surface area contributed by atoms with Crippen molar-refractivity contribution in [2.75, 3.05) is 25.1 Å². The Morgan fingerprint density at radius 3 is 2.71 bits per heavy atom. The topological polar surface area (TPSA) is 87.3 Å². The highest BCUT2D eigenvalue weighted by Crippen LogP contribution is 2.32. The first-order chi connectivity index (χ1) is 10.1. The second-order valence-corrected chi connectivity index (χ2v) is 6.25. The number of nitrogens with zero attached hydrogens (tertiary/aromatic N) is 3. The van der Waals surface area contributed by atoms with E-state index in [0.29, 0.717) is 12.4 Å². The van der Waals surface area contributed by atoms with Crippen molar-refractivity contribution in [3.8, 4) is 0 Å². The van der Waals surface area contributed by atoms with E-state index in [1.807, 2.05) is 0 Å². The number of aromatic nitrogens is 2. The molecule has 0 radical (unpaired) electrons. The molecule has 116 valence electrons. The van der Waals surface area contributed by atoms with Gasteiger partial charge in [-0.1, -0.05) is 6.92 Å². The Labute approximate surface area is 129 Å². The fourth-order valence-electron chi connectivity index (χ4n) is 2.31. The van der Waals surface area contributed by atoms with Crippen molar-refractivity contribution in [2.24, 2.45) is 5.84 Å². The lowest BCUT2D eigenvalue weighted by Gasteiger charge is -2.19. The molecule has 2 aromatic heterocycles. The molecule has 0 bridgehead atoms. The van der Waals surface area contributed by atoms with Gasteiger partial charge in [0, 0.05) is 18.0 Å². The molecule has 6 nitrogen and oxygen atoms in total. The van der Waals surface area contributed by atoms with Crippen LogP contribution >= 0.6 is 11.3 Å². The van der Waals surface area contributed by atoms with Gasteiger partial charge < -0.3 is 10.5 Å². The van der Waals surface area contributed by atoms with Gasteiger partial charge in [-0.25, -0.2) is 15.8 Å². The summed E-state index contributed by atoms with van der Waals surface area (Å²) >= 11 is 1.67. The van der Waals surface area contributed by atoms with Gasteiger partial charge in [0.1, 0.15) is 10.7 Å². The van der Waals surface area contributed by atoms with Gasteiger partial charge in [-0.2, -0.15) is 0 Å². The molecular formula is C14H23N5OS. The Balaban J connectivity index is 2.32. The first-order valence-electron chi connectivity index (χ1n) is 7.17. The number of hydrogen-bond acceptors (Lipinski definition) is 7. The second-order valence-electron chi connectivity index (χ2n) is 5.04. The summed E-state index contributed by atoms with van der Waals surface area (Å²) in [4.78, 5) is 13.6. The number of nitrogens with two attached hydrogens (primary N) is 1. The smallest absolute Gasteiger partial charge is 0.152 e. The standard InChI is InChI=1S/C14H23N5OS/c1-4-19(6-5-7-20)8-11-16-13(18-15)12-9(2)10(3)21-14(12)17-11/h20H,4-8,15H2,1-3H3,(H,16,17,18). The lowest BCUT2D eigenvalue weighted by molar-refractivity contribution is 0.222. The number of thiophene rings is 1. The molecule has 0 saturated heterocycles. The van der Waals surface area contributed by atoms with Crippen molar-refractivity contribution >= 4 is 27.4 Å². The van der Waals surface area contributed by atoms with E-state index < -0.39 is 0 Å². The minimum absolute atomic E-state index is 0.204. The molecule has 0 spiro atoms. The maximum atomic E-state index is 8.95. The average Bonchev–Trinajstić information content (AvgIpc) is 2.77. The van der Waals surface area contributed by atoms with Crippen molar-refractivity contribution in [1.29, 1.82) is 0 Å². The van der Waals surface area contributed by atoms with Crippen LogP contribution < -0.4 is 11.3 Å². The molecule has 0 unspecified atom stereocenters. The summed E-state index contributed by atoms with van der Waals surface area (Å²) in [6, 6.07) is 0. The molecule has 0 amide bonds. The maximum Gasteiger partial charge on any atom is 0.152 e. The number of anilines is 1. The van der Waals surface area contributed by atoms with Crippen LogP contribution in [0, 0.1) is 13.8 Å². The zero-order valence-corrected chi connectivity index (χ0v) is 13.6. The summed E-state index contributed by atoms with van der Waals surface area (Å²) in [7, 11) is 0. The van der Waals surface area contributed by atoms with Gasteiger partial charge in [0.2, 0.25) is 0 Å². The van der Waals surface area contributed by atoms with E-state index in [-0.39, 0.29) is 6.61 Å². The Morgan fingerprint density at radius 2 is 2.10 bits per heavy atom. The minimum atomic E-state index is 0.204. The van der Waals surface area contributed by atoms with Crippen LogP contribution in [-0.2, 0) is 6.54 Å². The second kappa shape index (κ2) is 7.13. The van der Waals surface area contributed by atoms with Gasteiger partial charge in [-0.3, -0.25) is 4.90 Å². The average molecular weight is 309 g/mol. The molecule has 4 N–H and O–H groups in total. The number of aliphatic hydroxyl groups excluding tert-OH is 1. The number of rotatable bonds is 7. The van der Waals surface area contributed by atoms with Crippen molar-refractivity contribution in [2.45, 2.75) is 33.7 Å². The molecule has 0 aliphatic rings. The van der Waals surface area contributed by atoms with Crippen molar-refractivity contribution in [3.63, 3.8) is 0 Å². The number of hydrazine groups is 1. The summed E-state index contributed by atoms with van der Waals surface area (Å²) in [5.41, 5.74) is 3.88. The van der Waals surface area contributed by atoms with E-state index in [9.17, 15) is 0 Å². The van der Waals surface area contributed by atoms with Crippen molar-refractivity contribution in [1.82, 2.24) is 14.9 Å². The zero-order chi connectivity index (χ0) is 15.4. The predicted molar refractivity (Wildman–Crippen MR) is 87.4 cm³/mol. The van der Waals surface area contributed by atoms with Crippen molar-refractivity contribution in [3.05, 3.63) is 16.3 Å². The van der Waals surface area contributed by atoms with Gasteiger partial charge in [0.25, 0.3) is 0 Å². The molecular weight excluding hydrogens is 286 g/mol. The van der Waals surface area contributed by atoms with Crippen LogP contribution in [0.25, 0.3) is 10.2 Å². The van der Waals surface area contributed by atoms with Crippen LogP contribution in [0.15, 0.2) is 0 Å². The van der Waals surface area contributed by atoms with Crippen molar-refractivity contribution < 1.29 is 5.11 Å². The SMILES string of the molecule is CCN(CCCO)Cc1nc(NN)c2c(C)c(C)sc2n1. The van der Waals surface area contributed by atoms with Gasteiger partial charge in [-0.15, -0.1) is 11.3 Å². The Hall–Kier alpha value is -1.28. The number of aryl methyl sites for hydroxylation is 2. The Kier molecular flexibility index (Phi) is 5.46. The molecule has 7 heteroatoms. The highest BCUT2D eigenvalue weighted by Gasteiger charge is 2.15. The quantitative estimate of drug-likeness (QED) is 0.534. The largest absolute Gasteiger partial charge is 0.396 e. The molecule has 0 aliphatic heterocycles. The van der Waals surface area contributed by atoms with E-state index in [0.717, 1.165) is 35.6 Å². The van der Waals surface area contributed by atoms with Gasteiger partial charge in [0.05, 0.1) is 11.9 Å². The van der Waals surface area contributed by atoms with Crippen LogP contribution in [-0.4, -0.2) is 39.7 Å². The van der Waals surface area contributed by atoms with E-state index in [2.05, 4.69) is 41.1 Å². The first kappa shape index (κ1) is 16.1. The van der Waals surface area contributed by atoms with E-state index in [4.69, 9.17) is 10.9 Å². The monoisotopic (exact) mass is 309 g/mol. The lowest BCUT2D eigenvalue weighted by Crippen LogP contribution is -2.26. The van der Waals surface area contributed by atoms with Crippen LogP contribution in [0.4, 0.5) is 5.82 Å². The molecule has 2 heterocycles. The van der Waals surface area contributed by atoms with Crippen LogP contribution in [0.1, 0.15) is 29.6 Å². The lowest BCUT2D eigenvalue weighted by atomic mass is 10.2. The molecule has 0 saturated carbocycles. The fourth-order valence-corrected chi connectivity index (χ4v) is 3.36. The summed E-state index contributed by atoms with van der Waals surface area (Å²) in [6.45, 7) is 8.85. The first-order valence-corrected chi connectivity index (χ1v) is 7.98. The normalized spacial score (nSPS) is 11.5. The number of fused-ring (bicyclic) bond motifs is 1. The summed E-state index contributed by atoms with van der Waals surface area (Å²) < 4.78 is 0. The third-order valence-electron chi connectivity index (χ3n) is 3.66. The number of aliphatic hydroxyl groups is 1. The summed E-state index contributed by atoms with van der Waals surface area (Å²) in [5, 5.41) is 9.97. The third-order valence-corrected chi connectivity index (χ3v) is 4.76. The maximum absolute atomic E-state index is 8.95. The van der Waals surface area contributed by atoms with Gasteiger partial charge in [-0.05, 0) is 32.4 Å². The van der Waals surface area contributed by atoms with E-state index in [1.165, 1.54) is 10.4 Å². The van der Waals surface area contributed by atoms with Crippen LogP contribution in [0.2, 0.25) is 0 Å². The van der Waals surface area contributed by atoms with E-state index in [1.54, 1.807) is 11.3 Å². The number of nitrogen functional groups attached to an aromatic ring is 1. The number of hydrogen-bond donors (Lipinski definition) is 3. The molecule has 0 atom stereocenters. The van der Waals surface area contributed by atoms with Crippen LogP contribution in [0.5, 0.6) is 0 Å². The minimum Gasteiger partial charge on any atom is -0.396 e. The molecule has 21 heavy (non-hydrogen) atoms. The predicted octanol–water partition coefficient (Wildman–Crippen LogP) is 1.80. The highest BCUT2D eigenvalue weighted by molar-refractivity contribution is 7.18. The van der Waals surface area contributed by atoms with Crippen LogP contribution in [0.3, 0.4) is 0 Å². The summed E-state index contributed by atoms with van der Waals surface area (Å²) in [5.74, 6) is 7.07. The van der Waals surface area contributed by atoms with Gasteiger partial charge >= 0.3 is 0 Å². The molecule has 0 fully saturated rings. The summed E-state index contributed by atoms with van der Waals surface area (Å²) in [6.07, 6.45) is 0.759. The third kappa shape index (κ3) is 3.49. The number of nitrogens with one attached hydrogen (secondary N) is 1. The Morgan fingerprint density at radius 1 is 1.33 bits per heavy atom. The Bertz CT molecular complexity index is 613. The van der Waals surface area contributed by atoms with E-state index >= 15 is 0 Å². The molecule has 0 aliphatic carbocycles. The molecule has 2 rings (SSSR count). The highest BCUT2D eigenvalue weighted by atomic mass is 32.1.